The van der Waals surface area contributed by atoms with Crippen LogP contribution in [0.3, 0.4) is 0 Å². The van der Waals surface area contributed by atoms with Crippen LogP contribution in [-0.4, -0.2) is 18.3 Å². The summed E-state index contributed by atoms with van der Waals surface area (Å²) < 4.78 is 0. The van der Waals surface area contributed by atoms with Crippen LogP contribution >= 0.6 is 0 Å². The molecule has 1 aromatic rings. The number of aliphatic hydroxyl groups excluding tert-OH is 1. The van der Waals surface area contributed by atoms with Crippen molar-refractivity contribution in [2.75, 3.05) is 13.2 Å². The first kappa shape index (κ1) is 13.1. The maximum absolute atomic E-state index is 9.67. The highest BCUT2D eigenvalue weighted by molar-refractivity contribution is 5.37. The average Bonchev–Trinajstić information content (AvgIpc) is 3.03. The van der Waals surface area contributed by atoms with Crippen LogP contribution in [0.15, 0.2) is 24.3 Å². The SMILES string of the molecule is NC1CC(NCC2(CO)CCCC2)c2ccccc21. The van der Waals surface area contributed by atoms with Crippen molar-refractivity contribution in [1.29, 1.82) is 0 Å². The molecular weight excluding hydrogens is 236 g/mol. The third-order valence-corrected chi connectivity index (χ3v) is 4.98. The minimum atomic E-state index is 0.113. The van der Waals surface area contributed by atoms with E-state index in [9.17, 15) is 5.11 Å². The Labute approximate surface area is 115 Å². The summed E-state index contributed by atoms with van der Waals surface area (Å²) in [5.41, 5.74) is 8.94. The first-order chi connectivity index (χ1) is 9.24. The first-order valence-electron chi connectivity index (χ1n) is 7.43. The van der Waals surface area contributed by atoms with Gasteiger partial charge in [-0.1, -0.05) is 37.1 Å². The predicted octanol–water partition coefficient (Wildman–Crippen LogP) is 2.27. The van der Waals surface area contributed by atoms with Crippen molar-refractivity contribution in [2.45, 2.75) is 44.2 Å². The van der Waals surface area contributed by atoms with Crippen LogP contribution < -0.4 is 11.1 Å². The van der Waals surface area contributed by atoms with E-state index in [0.29, 0.717) is 12.6 Å². The summed E-state index contributed by atoms with van der Waals surface area (Å²) in [7, 11) is 0. The fourth-order valence-corrected chi connectivity index (χ4v) is 3.72. The lowest BCUT2D eigenvalue weighted by molar-refractivity contribution is 0.124. The predicted molar refractivity (Wildman–Crippen MR) is 76.7 cm³/mol. The molecule has 0 radical (unpaired) electrons. The average molecular weight is 260 g/mol. The van der Waals surface area contributed by atoms with Gasteiger partial charge < -0.3 is 16.2 Å². The van der Waals surface area contributed by atoms with Gasteiger partial charge in [0.05, 0.1) is 0 Å². The van der Waals surface area contributed by atoms with Gasteiger partial charge in [-0.25, -0.2) is 0 Å². The van der Waals surface area contributed by atoms with Crippen molar-refractivity contribution in [3.05, 3.63) is 35.4 Å². The van der Waals surface area contributed by atoms with Crippen molar-refractivity contribution in [3.63, 3.8) is 0 Å². The standard InChI is InChI=1S/C16H24N2O/c17-14-9-15(13-6-2-1-5-12(13)14)18-10-16(11-19)7-3-4-8-16/h1-2,5-6,14-15,18-19H,3-4,7-11,17H2. The molecule has 0 heterocycles. The van der Waals surface area contributed by atoms with Crippen LogP contribution in [0.4, 0.5) is 0 Å². The van der Waals surface area contributed by atoms with Crippen LogP contribution in [0, 0.1) is 5.41 Å². The third kappa shape index (κ3) is 2.42. The van der Waals surface area contributed by atoms with Crippen LogP contribution in [-0.2, 0) is 0 Å². The molecule has 3 heteroatoms. The highest BCUT2D eigenvalue weighted by Gasteiger charge is 2.35. The lowest BCUT2D eigenvalue weighted by atomic mass is 9.87. The number of nitrogens with two attached hydrogens (primary N) is 1. The zero-order chi connectivity index (χ0) is 13.3. The van der Waals surface area contributed by atoms with Crippen LogP contribution in [0.5, 0.6) is 0 Å². The lowest BCUT2D eigenvalue weighted by Gasteiger charge is -2.29. The topological polar surface area (TPSA) is 58.3 Å². The van der Waals surface area contributed by atoms with Gasteiger partial charge in [0.25, 0.3) is 0 Å². The van der Waals surface area contributed by atoms with Gasteiger partial charge in [-0.05, 0) is 30.4 Å². The molecule has 0 spiro atoms. The van der Waals surface area contributed by atoms with Gasteiger partial charge in [-0.15, -0.1) is 0 Å². The summed E-state index contributed by atoms with van der Waals surface area (Å²) in [5, 5.41) is 13.3. The third-order valence-electron chi connectivity index (χ3n) is 4.98. The van der Waals surface area contributed by atoms with E-state index in [0.717, 1.165) is 25.8 Å². The zero-order valence-electron chi connectivity index (χ0n) is 11.4. The number of rotatable bonds is 4. The summed E-state index contributed by atoms with van der Waals surface area (Å²) >= 11 is 0. The molecular formula is C16H24N2O. The molecule has 1 aromatic carbocycles. The second-order valence-corrected chi connectivity index (χ2v) is 6.27. The van der Waals surface area contributed by atoms with Gasteiger partial charge >= 0.3 is 0 Å². The first-order valence-corrected chi connectivity index (χ1v) is 7.43. The lowest BCUT2D eigenvalue weighted by Crippen LogP contribution is -2.36. The molecule has 104 valence electrons. The van der Waals surface area contributed by atoms with E-state index in [4.69, 9.17) is 5.73 Å². The molecule has 1 saturated carbocycles. The fraction of sp³-hybridized carbons (Fsp3) is 0.625. The van der Waals surface area contributed by atoms with E-state index in [1.807, 2.05) is 0 Å². The Morgan fingerprint density at radius 2 is 1.89 bits per heavy atom. The zero-order valence-corrected chi connectivity index (χ0v) is 11.4. The van der Waals surface area contributed by atoms with Crippen LogP contribution in [0.2, 0.25) is 0 Å². The van der Waals surface area contributed by atoms with Crippen LogP contribution in [0.25, 0.3) is 0 Å². The molecule has 2 aliphatic carbocycles. The molecule has 1 fully saturated rings. The van der Waals surface area contributed by atoms with Gasteiger partial charge in [0.1, 0.15) is 0 Å². The van der Waals surface area contributed by atoms with Gasteiger partial charge in [-0.3, -0.25) is 0 Å². The summed E-state index contributed by atoms with van der Waals surface area (Å²) in [5.74, 6) is 0. The molecule has 0 saturated heterocycles. The summed E-state index contributed by atoms with van der Waals surface area (Å²) in [4.78, 5) is 0. The molecule has 0 bridgehead atoms. The van der Waals surface area contributed by atoms with E-state index < -0.39 is 0 Å². The molecule has 0 aliphatic heterocycles. The van der Waals surface area contributed by atoms with E-state index in [1.54, 1.807) is 0 Å². The molecule has 3 rings (SSSR count). The Morgan fingerprint density at radius 3 is 2.58 bits per heavy atom. The smallest absolute Gasteiger partial charge is 0.0499 e. The van der Waals surface area contributed by atoms with Crippen molar-refractivity contribution in [2.24, 2.45) is 11.1 Å². The maximum atomic E-state index is 9.67. The van der Waals surface area contributed by atoms with E-state index in [2.05, 4.69) is 29.6 Å². The highest BCUT2D eigenvalue weighted by Crippen LogP contribution is 2.40. The van der Waals surface area contributed by atoms with E-state index in [-0.39, 0.29) is 11.5 Å². The summed E-state index contributed by atoms with van der Waals surface area (Å²) in [6.45, 7) is 1.22. The van der Waals surface area contributed by atoms with Crippen LogP contribution in [0.1, 0.15) is 55.3 Å². The summed E-state index contributed by atoms with van der Waals surface area (Å²) in [6.07, 6.45) is 5.78. The number of nitrogens with one attached hydrogen (secondary N) is 1. The minimum absolute atomic E-state index is 0.113. The Kier molecular flexibility index (Phi) is 3.61. The second kappa shape index (κ2) is 5.23. The van der Waals surface area contributed by atoms with Crippen molar-refractivity contribution in [1.82, 2.24) is 5.32 Å². The van der Waals surface area contributed by atoms with Gasteiger partial charge in [0, 0.05) is 30.7 Å². The van der Waals surface area contributed by atoms with Crippen molar-refractivity contribution >= 4 is 0 Å². The number of hydrogen-bond donors (Lipinski definition) is 3. The Bertz CT molecular complexity index is 440. The quantitative estimate of drug-likeness (QED) is 0.778. The van der Waals surface area contributed by atoms with Crippen molar-refractivity contribution in [3.8, 4) is 0 Å². The molecule has 19 heavy (non-hydrogen) atoms. The highest BCUT2D eigenvalue weighted by atomic mass is 16.3. The Balaban J connectivity index is 1.68. The molecule has 0 aromatic heterocycles. The molecule has 2 atom stereocenters. The van der Waals surface area contributed by atoms with E-state index >= 15 is 0 Å². The Morgan fingerprint density at radius 1 is 1.21 bits per heavy atom. The number of fused-ring (bicyclic) bond motifs is 1. The van der Waals surface area contributed by atoms with Gasteiger partial charge in [0.15, 0.2) is 0 Å². The Hall–Kier alpha value is -0.900. The van der Waals surface area contributed by atoms with Gasteiger partial charge in [-0.2, -0.15) is 0 Å². The normalized spacial score (nSPS) is 28.5. The number of benzene rings is 1. The maximum Gasteiger partial charge on any atom is 0.0499 e. The van der Waals surface area contributed by atoms with E-state index in [1.165, 1.54) is 24.0 Å². The molecule has 2 aliphatic rings. The van der Waals surface area contributed by atoms with Gasteiger partial charge in [0.2, 0.25) is 0 Å². The largest absolute Gasteiger partial charge is 0.396 e. The molecule has 0 amide bonds. The fourth-order valence-electron chi connectivity index (χ4n) is 3.72. The van der Waals surface area contributed by atoms with Crippen molar-refractivity contribution < 1.29 is 5.11 Å². The monoisotopic (exact) mass is 260 g/mol. The minimum Gasteiger partial charge on any atom is -0.396 e. The molecule has 2 unspecified atom stereocenters. The molecule has 3 nitrogen and oxygen atoms in total. The number of aliphatic hydroxyl groups is 1. The number of hydrogen-bond acceptors (Lipinski definition) is 3. The second-order valence-electron chi connectivity index (χ2n) is 6.27. The summed E-state index contributed by atoms with van der Waals surface area (Å²) in [6, 6.07) is 8.98. The molecule has 4 N–H and O–H groups in total.